The van der Waals surface area contributed by atoms with Crippen molar-refractivity contribution in [1.29, 1.82) is 0 Å². The van der Waals surface area contributed by atoms with Crippen LogP contribution in [0.2, 0.25) is 0 Å². The highest BCUT2D eigenvalue weighted by atomic mass is 16.5. The van der Waals surface area contributed by atoms with Crippen LogP contribution in [0.4, 0.5) is 11.5 Å². The summed E-state index contributed by atoms with van der Waals surface area (Å²) in [4.78, 5) is 37.5. The molecule has 214 valence electrons. The van der Waals surface area contributed by atoms with E-state index in [2.05, 4.69) is 26.1 Å². The number of benzene rings is 2. The monoisotopic (exact) mass is 559 g/mol. The summed E-state index contributed by atoms with van der Waals surface area (Å²) in [6, 6.07) is 14.9. The lowest BCUT2D eigenvalue weighted by Gasteiger charge is -2.29. The summed E-state index contributed by atoms with van der Waals surface area (Å²) in [6.07, 6.45) is 1.53. The van der Waals surface area contributed by atoms with E-state index in [0.717, 1.165) is 0 Å². The van der Waals surface area contributed by atoms with Gasteiger partial charge in [-0.25, -0.2) is 9.98 Å². The summed E-state index contributed by atoms with van der Waals surface area (Å²) in [6.45, 7) is 6.11. The number of ether oxygens (including phenoxy) is 3. The average molecular weight is 560 g/mol. The number of fused-ring (bicyclic) bond motifs is 5. The molecule has 2 aromatic carbocycles. The van der Waals surface area contributed by atoms with Gasteiger partial charge in [0, 0.05) is 30.5 Å². The Hall–Kier alpha value is -4.84. The van der Waals surface area contributed by atoms with Crippen LogP contribution in [0.5, 0.6) is 11.5 Å². The standard InChI is InChI=1S/C29H33N7O5/c1-18(2)41-23-10-7-20-16-24(23)40-17-32-26(30)19-5-8-21(9-6-19)33-25(20)29(38)35-34-28(37)22-4-3-11-31-27(22)36-12-14-39-15-13-36/h3-11,16,18,25,33H,12-15,17H2,1-2H3,(H2,30,32)(H,34,37)(H,35,38). The van der Waals surface area contributed by atoms with Gasteiger partial charge in [-0.1, -0.05) is 6.07 Å². The fourth-order valence-corrected chi connectivity index (χ4v) is 4.49. The van der Waals surface area contributed by atoms with Gasteiger partial charge in [-0.15, -0.1) is 0 Å². The Morgan fingerprint density at radius 2 is 1.88 bits per heavy atom. The molecule has 1 aromatic heterocycles. The Morgan fingerprint density at radius 1 is 1.10 bits per heavy atom. The molecule has 2 amide bonds. The van der Waals surface area contributed by atoms with E-state index in [0.29, 0.717) is 71.8 Å². The van der Waals surface area contributed by atoms with Crippen LogP contribution < -0.4 is 36.3 Å². The predicted molar refractivity (Wildman–Crippen MR) is 154 cm³/mol. The molecular weight excluding hydrogens is 526 g/mol. The van der Waals surface area contributed by atoms with E-state index in [4.69, 9.17) is 19.9 Å². The van der Waals surface area contributed by atoms with Crippen LogP contribution >= 0.6 is 0 Å². The van der Waals surface area contributed by atoms with Crippen molar-refractivity contribution in [1.82, 2.24) is 15.8 Å². The first-order valence-electron chi connectivity index (χ1n) is 13.4. The van der Waals surface area contributed by atoms with E-state index in [-0.39, 0.29) is 12.8 Å². The van der Waals surface area contributed by atoms with Crippen LogP contribution in [0.3, 0.4) is 0 Å². The van der Waals surface area contributed by atoms with Gasteiger partial charge >= 0.3 is 0 Å². The molecule has 0 aliphatic carbocycles. The summed E-state index contributed by atoms with van der Waals surface area (Å²) in [5, 5.41) is 3.24. The summed E-state index contributed by atoms with van der Waals surface area (Å²) in [5.41, 5.74) is 13.6. The number of anilines is 2. The topological polar surface area (TPSA) is 152 Å². The zero-order valence-corrected chi connectivity index (χ0v) is 22.9. The zero-order chi connectivity index (χ0) is 28.8. The lowest BCUT2D eigenvalue weighted by molar-refractivity contribution is -0.122. The third kappa shape index (κ3) is 6.67. The molecule has 1 unspecified atom stereocenters. The van der Waals surface area contributed by atoms with E-state index in [9.17, 15) is 9.59 Å². The number of nitrogens with zero attached hydrogens (tertiary/aromatic N) is 3. The number of aromatic nitrogens is 1. The second kappa shape index (κ2) is 12.6. The number of aliphatic imine (C=N–C) groups is 1. The van der Waals surface area contributed by atoms with Gasteiger partial charge in [-0.3, -0.25) is 20.4 Å². The molecule has 5 N–H and O–H groups in total. The van der Waals surface area contributed by atoms with E-state index in [1.54, 1.807) is 60.8 Å². The fourth-order valence-electron chi connectivity index (χ4n) is 4.49. The van der Waals surface area contributed by atoms with Crippen molar-refractivity contribution in [2.75, 3.05) is 43.3 Å². The van der Waals surface area contributed by atoms with Crippen LogP contribution in [0.25, 0.3) is 0 Å². The van der Waals surface area contributed by atoms with Crippen molar-refractivity contribution in [3.8, 4) is 11.5 Å². The number of hydrogen-bond acceptors (Lipinski definition) is 10. The van der Waals surface area contributed by atoms with Gasteiger partial charge in [0.15, 0.2) is 18.2 Å². The highest BCUT2D eigenvalue weighted by molar-refractivity contribution is 6.00. The number of amides is 2. The summed E-state index contributed by atoms with van der Waals surface area (Å²) >= 11 is 0. The Labute approximate surface area is 237 Å². The number of pyridine rings is 1. The Balaban J connectivity index is 1.40. The third-order valence-electron chi connectivity index (χ3n) is 6.51. The number of hydrazine groups is 1. The Morgan fingerprint density at radius 3 is 2.63 bits per heavy atom. The number of nitrogens with one attached hydrogen (secondary N) is 3. The zero-order valence-electron chi connectivity index (χ0n) is 22.9. The molecule has 6 rings (SSSR count). The average Bonchev–Trinajstić information content (AvgIpc) is 3.00. The highest BCUT2D eigenvalue weighted by Crippen LogP contribution is 2.33. The molecule has 1 fully saturated rings. The van der Waals surface area contributed by atoms with Gasteiger partial charge in [0.2, 0.25) is 0 Å². The lowest BCUT2D eigenvalue weighted by Crippen LogP contribution is -2.46. The first-order chi connectivity index (χ1) is 19.9. The van der Waals surface area contributed by atoms with Crippen molar-refractivity contribution in [2.24, 2.45) is 10.7 Å². The minimum absolute atomic E-state index is 0.0393. The number of carbonyl (C=O) groups is 2. The SMILES string of the molecule is CC(C)Oc1ccc2cc1OC/N=C(/N)c1ccc(cc1)NC2C(=O)NNC(=O)c1cccnc1N1CCOCC1. The maximum absolute atomic E-state index is 13.6. The Bertz CT molecular complexity index is 1420. The van der Waals surface area contributed by atoms with Crippen LogP contribution in [0, 0.1) is 0 Å². The van der Waals surface area contributed by atoms with Crippen molar-refractivity contribution in [3.63, 3.8) is 0 Å². The summed E-state index contributed by atoms with van der Waals surface area (Å²) in [5.74, 6) is 0.789. The van der Waals surface area contributed by atoms with Crippen molar-refractivity contribution < 1.29 is 23.8 Å². The molecule has 4 bridgehead atoms. The van der Waals surface area contributed by atoms with Crippen LogP contribution in [0.1, 0.15) is 41.4 Å². The third-order valence-corrected chi connectivity index (χ3v) is 6.51. The molecule has 12 heteroatoms. The molecule has 1 saturated heterocycles. The van der Waals surface area contributed by atoms with Crippen LogP contribution in [-0.2, 0) is 9.53 Å². The van der Waals surface area contributed by atoms with Gasteiger partial charge < -0.3 is 30.2 Å². The molecule has 3 aromatic rings. The second-order valence-electron chi connectivity index (χ2n) is 9.76. The molecule has 1 atom stereocenters. The van der Waals surface area contributed by atoms with Crippen molar-refractivity contribution in [3.05, 3.63) is 77.5 Å². The van der Waals surface area contributed by atoms with E-state index in [1.807, 2.05) is 18.7 Å². The maximum Gasteiger partial charge on any atom is 0.273 e. The molecule has 0 saturated carbocycles. The first kappa shape index (κ1) is 27.7. The molecule has 0 radical (unpaired) electrons. The molecule has 3 aliphatic rings. The van der Waals surface area contributed by atoms with Crippen LogP contribution in [-0.4, -0.2) is 61.8 Å². The predicted octanol–water partition coefficient (Wildman–Crippen LogP) is 2.38. The Kier molecular flexibility index (Phi) is 8.49. The summed E-state index contributed by atoms with van der Waals surface area (Å²) in [7, 11) is 0. The van der Waals surface area contributed by atoms with Gasteiger partial charge in [-0.05, 0) is 67.9 Å². The maximum atomic E-state index is 13.6. The number of rotatable bonds is 5. The van der Waals surface area contributed by atoms with E-state index < -0.39 is 17.9 Å². The van der Waals surface area contributed by atoms with E-state index in [1.165, 1.54) is 0 Å². The van der Waals surface area contributed by atoms with Gasteiger partial charge in [0.25, 0.3) is 11.8 Å². The normalized spacial score (nSPS) is 18.0. The van der Waals surface area contributed by atoms with Gasteiger partial charge in [-0.2, -0.15) is 0 Å². The molecular formula is C29H33N7O5. The molecule has 4 heterocycles. The molecule has 12 nitrogen and oxygen atoms in total. The number of morpholine rings is 1. The van der Waals surface area contributed by atoms with Gasteiger partial charge in [0.1, 0.15) is 17.7 Å². The lowest BCUT2D eigenvalue weighted by atomic mass is 10.0. The summed E-state index contributed by atoms with van der Waals surface area (Å²) < 4.78 is 17.2. The first-order valence-corrected chi connectivity index (χ1v) is 13.4. The number of nitrogens with two attached hydrogens (primary N) is 1. The quantitative estimate of drug-likeness (QED) is 0.345. The molecule has 3 aliphatic heterocycles. The second-order valence-corrected chi connectivity index (χ2v) is 9.76. The number of carbonyl (C=O) groups excluding carboxylic acids is 2. The van der Waals surface area contributed by atoms with Crippen LogP contribution in [0.15, 0.2) is 65.8 Å². The van der Waals surface area contributed by atoms with Crippen molar-refractivity contribution in [2.45, 2.75) is 26.0 Å². The van der Waals surface area contributed by atoms with Gasteiger partial charge in [0.05, 0.1) is 24.9 Å². The number of amidine groups is 1. The fraction of sp³-hybridized carbons (Fsp3) is 0.310. The smallest absolute Gasteiger partial charge is 0.273 e. The molecule has 0 spiro atoms. The highest BCUT2D eigenvalue weighted by Gasteiger charge is 2.25. The van der Waals surface area contributed by atoms with E-state index >= 15 is 0 Å². The largest absolute Gasteiger partial charge is 0.487 e. The number of hydrogen-bond donors (Lipinski definition) is 4. The van der Waals surface area contributed by atoms with Crippen molar-refractivity contribution >= 4 is 29.2 Å². The molecule has 41 heavy (non-hydrogen) atoms. The minimum atomic E-state index is -0.900. The minimum Gasteiger partial charge on any atom is -0.487 e.